The van der Waals surface area contributed by atoms with Gasteiger partial charge < -0.3 is 0 Å². The van der Waals surface area contributed by atoms with Gasteiger partial charge >= 0.3 is 6.18 Å². The van der Waals surface area contributed by atoms with Crippen molar-refractivity contribution in [2.75, 3.05) is 0 Å². The average molecular weight is 285 g/mol. The molecular weight excluding hydrogens is 279 g/mol. The number of carbonyl (C=O) groups is 1. The summed E-state index contributed by atoms with van der Waals surface area (Å²) in [6.07, 6.45) is -0.399. The Morgan fingerprint density at radius 3 is 2.21 bits per heavy atom. The Balaban J connectivity index is 2.12. The van der Waals surface area contributed by atoms with E-state index in [1.165, 1.54) is 18.5 Å². The first kappa shape index (κ1) is 13.5. The van der Waals surface area contributed by atoms with E-state index < -0.39 is 11.7 Å². The minimum atomic E-state index is -4.40. The molecule has 0 saturated carbocycles. The van der Waals surface area contributed by atoms with Gasteiger partial charge in [0.1, 0.15) is 5.03 Å². The molecule has 0 aliphatic rings. The van der Waals surface area contributed by atoms with E-state index in [-0.39, 0.29) is 0 Å². The maximum absolute atomic E-state index is 12.3. The van der Waals surface area contributed by atoms with Gasteiger partial charge in [-0.05, 0) is 23.9 Å². The van der Waals surface area contributed by atoms with Crippen molar-refractivity contribution >= 4 is 18.0 Å². The number of alkyl halides is 3. The summed E-state index contributed by atoms with van der Waals surface area (Å²) >= 11 is 1.01. The monoisotopic (exact) mass is 285 g/mol. The summed E-state index contributed by atoms with van der Waals surface area (Å²) in [4.78, 5) is 21.8. The number of pyridine rings is 1. The van der Waals surface area contributed by atoms with Gasteiger partial charge in [-0.2, -0.15) is 13.2 Å². The molecule has 19 heavy (non-hydrogen) atoms. The first-order valence-electron chi connectivity index (χ1n) is 4.97. The van der Waals surface area contributed by atoms with Gasteiger partial charge in [0.05, 0.1) is 11.1 Å². The normalized spacial score (nSPS) is 11.3. The van der Waals surface area contributed by atoms with Crippen molar-refractivity contribution in [3.63, 3.8) is 0 Å². The molecule has 0 saturated heterocycles. The van der Waals surface area contributed by atoms with Gasteiger partial charge in [0.25, 0.3) is 0 Å². The maximum atomic E-state index is 12.3. The van der Waals surface area contributed by atoms with Gasteiger partial charge in [-0.3, -0.25) is 4.79 Å². The number of hydrogen-bond acceptors (Lipinski definition) is 5. The van der Waals surface area contributed by atoms with Crippen LogP contribution in [-0.2, 0) is 6.18 Å². The molecule has 0 atom stereocenters. The molecule has 0 radical (unpaired) electrons. The van der Waals surface area contributed by atoms with Crippen LogP contribution >= 0.6 is 11.8 Å². The molecule has 8 heteroatoms. The van der Waals surface area contributed by atoms with Crippen molar-refractivity contribution in [3.8, 4) is 0 Å². The lowest BCUT2D eigenvalue weighted by Gasteiger charge is -2.06. The van der Waals surface area contributed by atoms with Crippen LogP contribution in [0.5, 0.6) is 0 Å². The molecule has 0 amide bonds. The fraction of sp³-hybridized carbons (Fsp3) is 0.0909. The van der Waals surface area contributed by atoms with Crippen molar-refractivity contribution in [2.45, 2.75) is 16.4 Å². The Morgan fingerprint density at radius 2 is 1.74 bits per heavy atom. The van der Waals surface area contributed by atoms with E-state index in [0.29, 0.717) is 22.0 Å². The highest BCUT2D eigenvalue weighted by atomic mass is 32.2. The van der Waals surface area contributed by atoms with Crippen molar-refractivity contribution in [1.29, 1.82) is 0 Å². The van der Waals surface area contributed by atoms with Gasteiger partial charge in [-0.25, -0.2) is 15.0 Å². The Kier molecular flexibility index (Phi) is 3.79. The molecule has 0 aromatic carbocycles. The third-order valence-electron chi connectivity index (χ3n) is 2.04. The second-order valence-electron chi connectivity index (χ2n) is 3.40. The fourth-order valence-corrected chi connectivity index (χ4v) is 1.78. The molecule has 2 heterocycles. The third kappa shape index (κ3) is 3.50. The number of hydrogen-bond donors (Lipinski definition) is 0. The molecule has 0 N–H and O–H groups in total. The van der Waals surface area contributed by atoms with Crippen LogP contribution in [-0.4, -0.2) is 21.2 Å². The second-order valence-corrected chi connectivity index (χ2v) is 4.39. The van der Waals surface area contributed by atoms with Crippen molar-refractivity contribution in [1.82, 2.24) is 15.0 Å². The fourth-order valence-electron chi connectivity index (χ4n) is 1.14. The van der Waals surface area contributed by atoms with Gasteiger partial charge in [0.15, 0.2) is 11.4 Å². The minimum absolute atomic E-state index is 0.304. The lowest BCUT2D eigenvalue weighted by atomic mass is 10.3. The standard InChI is InChI=1S/C11H6F3N3OS/c12-11(13,14)8-1-2-9(15-5-8)19-10-16-3-7(6-18)4-17-10/h1-6H. The van der Waals surface area contributed by atoms with Crippen LogP contribution in [0, 0.1) is 0 Å². The molecule has 0 aliphatic carbocycles. The number of nitrogens with zero attached hydrogens (tertiary/aromatic N) is 3. The van der Waals surface area contributed by atoms with Crippen LogP contribution < -0.4 is 0 Å². The topological polar surface area (TPSA) is 55.7 Å². The molecule has 0 spiro atoms. The smallest absolute Gasteiger partial charge is 0.298 e. The SMILES string of the molecule is O=Cc1cnc(Sc2ccc(C(F)(F)F)cn2)nc1. The van der Waals surface area contributed by atoms with Crippen molar-refractivity contribution in [3.05, 3.63) is 41.9 Å². The second kappa shape index (κ2) is 5.35. The summed E-state index contributed by atoms with van der Waals surface area (Å²) in [7, 11) is 0. The zero-order valence-electron chi connectivity index (χ0n) is 9.26. The Morgan fingerprint density at radius 1 is 1.05 bits per heavy atom. The van der Waals surface area contributed by atoms with Gasteiger partial charge in [-0.1, -0.05) is 0 Å². The first-order chi connectivity index (χ1) is 8.99. The van der Waals surface area contributed by atoms with Crippen LogP contribution in [0.15, 0.2) is 40.9 Å². The molecule has 2 rings (SSSR count). The van der Waals surface area contributed by atoms with Crippen molar-refractivity contribution in [2.24, 2.45) is 0 Å². The number of aromatic nitrogens is 3. The molecule has 0 bridgehead atoms. The summed E-state index contributed by atoms with van der Waals surface area (Å²) in [5.41, 5.74) is -0.487. The predicted molar refractivity (Wildman–Crippen MR) is 60.8 cm³/mol. The van der Waals surface area contributed by atoms with E-state index in [2.05, 4.69) is 15.0 Å². The number of carbonyl (C=O) groups excluding carboxylic acids is 1. The van der Waals surface area contributed by atoms with E-state index in [1.807, 2.05) is 0 Å². The Bertz CT molecular complexity index is 569. The summed E-state index contributed by atoms with van der Waals surface area (Å²) in [5, 5.41) is 0.643. The molecule has 2 aromatic rings. The van der Waals surface area contributed by atoms with Crippen LogP contribution in [0.25, 0.3) is 0 Å². The minimum Gasteiger partial charge on any atom is -0.298 e. The van der Waals surface area contributed by atoms with E-state index >= 15 is 0 Å². The maximum Gasteiger partial charge on any atom is 0.417 e. The van der Waals surface area contributed by atoms with E-state index in [4.69, 9.17) is 0 Å². The highest BCUT2D eigenvalue weighted by Crippen LogP contribution is 2.30. The number of rotatable bonds is 3. The van der Waals surface area contributed by atoms with Crippen LogP contribution in [0.1, 0.15) is 15.9 Å². The third-order valence-corrected chi connectivity index (χ3v) is 2.89. The zero-order chi connectivity index (χ0) is 13.9. The van der Waals surface area contributed by atoms with Crippen molar-refractivity contribution < 1.29 is 18.0 Å². The van der Waals surface area contributed by atoms with Crippen LogP contribution in [0.3, 0.4) is 0 Å². The highest BCUT2D eigenvalue weighted by Gasteiger charge is 2.30. The number of aldehydes is 1. The lowest BCUT2D eigenvalue weighted by molar-refractivity contribution is -0.137. The molecule has 0 fully saturated rings. The lowest BCUT2D eigenvalue weighted by Crippen LogP contribution is -2.05. The van der Waals surface area contributed by atoms with E-state index in [9.17, 15) is 18.0 Å². The number of halogens is 3. The molecule has 4 nitrogen and oxygen atoms in total. The Labute approximate surface area is 110 Å². The summed E-state index contributed by atoms with van der Waals surface area (Å²) in [6, 6.07) is 2.18. The molecule has 0 aliphatic heterocycles. The summed E-state index contributed by atoms with van der Waals surface area (Å²) in [5.74, 6) is 0. The van der Waals surface area contributed by atoms with E-state index in [1.54, 1.807) is 0 Å². The van der Waals surface area contributed by atoms with Gasteiger partial charge in [0.2, 0.25) is 0 Å². The van der Waals surface area contributed by atoms with Gasteiger partial charge in [-0.15, -0.1) is 0 Å². The van der Waals surface area contributed by atoms with Crippen LogP contribution in [0.2, 0.25) is 0 Å². The molecule has 2 aromatic heterocycles. The van der Waals surface area contributed by atoms with Gasteiger partial charge in [0, 0.05) is 18.6 Å². The van der Waals surface area contributed by atoms with Crippen LogP contribution in [0.4, 0.5) is 13.2 Å². The summed E-state index contributed by atoms with van der Waals surface area (Å²) < 4.78 is 37.0. The summed E-state index contributed by atoms with van der Waals surface area (Å²) in [6.45, 7) is 0. The quantitative estimate of drug-likeness (QED) is 0.641. The molecular formula is C11H6F3N3OS. The zero-order valence-corrected chi connectivity index (χ0v) is 10.1. The average Bonchev–Trinajstić information content (AvgIpc) is 2.39. The molecule has 98 valence electrons. The Hall–Kier alpha value is -1.96. The first-order valence-corrected chi connectivity index (χ1v) is 5.79. The highest BCUT2D eigenvalue weighted by molar-refractivity contribution is 7.99. The predicted octanol–water partition coefficient (Wildman–Crippen LogP) is 2.85. The molecule has 0 unspecified atom stereocenters. The van der Waals surface area contributed by atoms with E-state index in [0.717, 1.165) is 24.0 Å². The largest absolute Gasteiger partial charge is 0.417 e.